The van der Waals surface area contributed by atoms with Gasteiger partial charge in [0.15, 0.2) is 0 Å². The molecule has 33 heavy (non-hydrogen) atoms. The monoisotopic (exact) mass is 443 g/mol. The number of carbonyl (C=O) groups is 1. The molecule has 1 fully saturated rings. The van der Waals surface area contributed by atoms with Crippen molar-refractivity contribution in [2.75, 3.05) is 18.8 Å². The Hall–Kier alpha value is -3.74. The van der Waals surface area contributed by atoms with Gasteiger partial charge in [-0.3, -0.25) is 9.78 Å². The molecule has 0 spiro atoms. The second-order valence-electron chi connectivity index (χ2n) is 8.78. The predicted molar refractivity (Wildman–Crippen MR) is 127 cm³/mol. The summed E-state index contributed by atoms with van der Waals surface area (Å²) in [5, 5.41) is 0.733. The summed E-state index contributed by atoms with van der Waals surface area (Å²) < 4.78 is 15.5. The zero-order valence-electron chi connectivity index (χ0n) is 18.8. The number of halogens is 1. The number of benzene rings is 1. The molecule has 168 valence electrons. The topological polar surface area (TPSA) is 77.0 Å². The number of rotatable bonds is 3. The standard InChI is InChI=1S/C26H26FN5O/c1-16-10-19(17-5-8-25(28)29-14-17)12-22(30-16)18-4-3-9-32(15-18)26(33)24-13-20-11-21(27)6-7-23(20)31(24)2/h5-8,10-14,18H,3-4,9,15H2,1-2H3,(H2,28,29)/t18-/m1/s1. The molecule has 1 aliphatic rings. The van der Waals surface area contributed by atoms with Gasteiger partial charge in [-0.2, -0.15) is 0 Å². The summed E-state index contributed by atoms with van der Waals surface area (Å²) >= 11 is 0. The van der Waals surface area contributed by atoms with E-state index in [2.05, 4.69) is 11.1 Å². The molecule has 7 heteroatoms. The van der Waals surface area contributed by atoms with Crippen molar-refractivity contribution in [1.82, 2.24) is 19.4 Å². The zero-order valence-corrected chi connectivity index (χ0v) is 18.8. The third-order valence-corrected chi connectivity index (χ3v) is 6.44. The summed E-state index contributed by atoms with van der Waals surface area (Å²) in [5.41, 5.74) is 11.1. The van der Waals surface area contributed by atoms with E-state index in [-0.39, 0.29) is 17.6 Å². The molecule has 0 aliphatic carbocycles. The predicted octanol–water partition coefficient (Wildman–Crippen LogP) is 4.68. The van der Waals surface area contributed by atoms with Gasteiger partial charge in [0.05, 0.1) is 0 Å². The van der Waals surface area contributed by atoms with E-state index in [1.165, 1.54) is 12.1 Å². The Morgan fingerprint density at radius 3 is 2.76 bits per heavy atom. The van der Waals surface area contributed by atoms with Gasteiger partial charge >= 0.3 is 0 Å². The molecule has 1 amide bonds. The number of pyridine rings is 2. The van der Waals surface area contributed by atoms with Crippen LogP contribution in [0.5, 0.6) is 0 Å². The number of anilines is 1. The van der Waals surface area contributed by atoms with Gasteiger partial charge in [0, 0.05) is 60.1 Å². The van der Waals surface area contributed by atoms with E-state index in [4.69, 9.17) is 10.7 Å². The number of carbonyl (C=O) groups excluding carboxylic acids is 1. The lowest BCUT2D eigenvalue weighted by atomic mass is 9.92. The van der Waals surface area contributed by atoms with Crippen molar-refractivity contribution in [2.45, 2.75) is 25.7 Å². The first-order chi connectivity index (χ1) is 15.9. The molecular formula is C26H26FN5O. The van der Waals surface area contributed by atoms with E-state index in [9.17, 15) is 9.18 Å². The highest BCUT2D eigenvalue weighted by Gasteiger charge is 2.28. The number of hydrogen-bond acceptors (Lipinski definition) is 4. The summed E-state index contributed by atoms with van der Waals surface area (Å²) in [7, 11) is 1.85. The minimum absolute atomic E-state index is 0.0329. The van der Waals surface area contributed by atoms with Crippen molar-refractivity contribution in [2.24, 2.45) is 7.05 Å². The van der Waals surface area contributed by atoms with Crippen LogP contribution in [-0.2, 0) is 7.05 Å². The fourth-order valence-electron chi connectivity index (χ4n) is 4.74. The largest absolute Gasteiger partial charge is 0.384 e. The lowest BCUT2D eigenvalue weighted by Gasteiger charge is -2.33. The molecule has 5 rings (SSSR count). The Balaban J connectivity index is 1.42. The maximum Gasteiger partial charge on any atom is 0.270 e. The van der Waals surface area contributed by atoms with Crippen LogP contribution in [-0.4, -0.2) is 38.4 Å². The SMILES string of the molecule is Cc1cc(-c2ccc(N)nc2)cc([C@@H]2CCCN(C(=O)c3cc4cc(F)ccc4n3C)C2)n1. The molecule has 0 bridgehead atoms. The van der Waals surface area contributed by atoms with E-state index >= 15 is 0 Å². The van der Waals surface area contributed by atoms with Gasteiger partial charge < -0.3 is 15.2 Å². The Morgan fingerprint density at radius 2 is 1.97 bits per heavy atom. The highest BCUT2D eigenvalue weighted by molar-refractivity contribution is 5.98. The Morgan fingerprint density at radius 1 is 1.12 bits per heavy atom. The van der Waals surface area contributed by atoms with E-state index < -0.39 is 0 Å². The Bertz CT molecular complexity index is 1350. The number of nitrogens with two attached hydrogens (primary N) is 1. The lowest BCUT2D eigenvalue weighted by molar-refractivity contribution is 0.0696. The highest BCUT2D eigenvalue weighted by atomic mass is 19.1. The van der Waals surface area contributed by atoms with E-state index in [1.54, 1.807) is 24.4 Å². The summed E-state index contributed by atoms with van der Waals surface area (Å²) in [4.78, 5) is 24.3. The van der Waals surface area contributed by atoms with Crippen molar-refractivity contribution in [1.29, 1.82) is 0 Å². The lowest BCUT2D eigenvalue weighted by Crippen LogP contribution is -2.40. The van der Waals surface area contributed by atoms with Gasteiger partial charge in [0.2, 0.25) is 0 Å². The zero-order chi connectivity index (χ0) is 23.1. The smallest absolute Gasteiger partial charge is 0.270 e. The maximum atomic E-state index is 13.7. The molecule has 0 saturated carbocycles. The first-order valence-electron chi connectivity index (χ1n) is 11.1. The van der Waals surface area contributed by atoms with Gasteiger partial charge in [0.1, 0.15) is 17.3 Å². The van der Waals surface area contributed by atoms with Crippen LogP contribution in [0.15, 0.2) is 54.7 Å². The van der Waals surface area contributed by atoms with Crippen LogP contribution < -0.4 is 5.73 Å². The van der Waals surface area contributed by atoms with Crippen molar-refractivity contribution in [3.63, 3.8) is 0 Å². The number of nitrogens with zero attached hydrogens (tertiary/aromatic N) is 4. The van der Waals surface area contributed by atoms with Crippen molar-refractivity contribution in [3.05, 3.63) is 77.6 Å². The molecule has 0 radical (unpaired) electrons. The number of piperidine rings is 1. The van der Waals surface area contributed by atoms with Crippen LogP contribution in [0.25, 0.3) is 22.0 Å². The third kappa shape index (κ3) is 4.06. The highest BCUT2D eigenvalue weighted by Crippen LogP contribution is 2.31. The van der Waals surface area contributed by atoms with Crippen LogP contribution in [0.4, 0.5) is 10.2 Å². The summed E-state index contributed by atoms with van der Waals surface area (Å²) in [6.07, 6.45) is 3.65. The average Bonchev–Trinajstić information content (AvgIpc) is 3.14. The fourth-order valence-corrected chi connectivity index (χ4v) is 4.74. The molecule has 2 N–H and O–H groups in total. The second kappa shape index (κ2) is 8.31. The molecule has 0 unspecified atom stereocenters. The van der Waals surface area contributed by atoms with Crippen LogP contribution in [0, 0.1) is 12.7 Å². The first kappa shape index (κ1) is 21.1. The summed E-state index contributed by atoms with van der Waals surface area (Å²) in [6.45, 7) is 3.29. The van der Waals surface area contributed by atoms with E-state index in [1.807, 2.05) is 35.6 Å². The number of amides is 1. The molecule has 1 saturated heterocycles. The van der Waals surface area contributed by atoms with Gasteiger partial charge in [-0.05, 0) is 73.9 Å². The van der Waals surface area contributed by atoms with Crippen molar-refractivity contribution < 1.29 is 9.18 Å². The minimum atomic E-state index is -0.303. The average molecular weight is 444 g/mol. The first-order valence-corrected chi connectivity index (χ1v) is 11.1. The number of nitrogen functional groups attached to an aromatic ring is 1. The molecule has 3 aromatic heterocycles. The Kier molecular flexibility index (Phi) is 5.32. The molecular weight excluding hydrogens is 417 g/mol. The van der Waals surface area contributed by atoms with Crippen LogP contribution in [0.2, 0.25) is 0 Å². The van der Waals surface area contributed by atoms with E-state index in [0.717, 1.165) is 46.3 Å². The van der Waals surface area contributed by atoms with Crippen LogP contribution in [0.1, 0.15) is 40.6 Å². The summed E-state index contributed by atoms with van der Waals surface area (Å²) in [6, 6.07) is 14.3. The number of aryl methyl sites for hydroxylation is 2. The van der Waals surface area contributed by atoms with Gasteiger partial charge in [-0.25, -0.2) is 9.37 Å². The Labute approximate surface area is 191 Å². The maximum absolute atomic E-state index is 13.7. The second-order valence-corrected chi connectivity index (χ2v) is 8.78. The van der Waals surface area contributed by atoms with Gasteiger partial charge in [-0.15, -0.1) is 0 Å². The molecule has 1 atom stereocenters. The number of likely N-dealkylation sites (tertiary alicyclic amines) is 1. The van der Waals surface area contributed by atoms with Crippen LogP contribution >= 0.6 is 0 Å². The molecule has 6 nitrogen and oxygen atoms in total. The number of hydrogen-bond donors (Lipinski definition) is 1. The van der Waals surface area contributed by atoms with Crippen molar-refractivity contribution >= 4 is 22.6 Å². The number of fused-ring (bicyclic) bond motifs is 1. The van der Waals surface area contributed by atoms with Gasteiger partial charge in [-0.1, -0.05) is 0 Å². The van der Waals surface area contributed by atoms with Gasteiger partial charge in [0.25, 0.3) is 5.91 Å². The molecule has 1 aliphatic heterocycles. The molecule has 4 aromatic rings. The fraction of sp³-hybridized carbons (Fsp3) is 0.269. The quantitative estimate of drug-likeness (QED) is 0.499. The molecule has 1 aromatic carbocycles. The van der Waals surface area contributed by atoms with Crippen molar-refractivity contribution in [3.8, 4) is 11.1 Å². The number of aromatic nitrogens is 3. The summed E-state index contributed by atoms with van der Waals surface area (Å²) in [5.74, 6) is 0.301. The van der Waals surface area contributed by atoms with E-state index in [0.29, 0.717) is 24.6 Å². The van der Waals surface area contributed by atoms with Crippen LogP contribution in [0.3, 0.4) is 0 Å². The molecule has 4 heterocycles. The minimum Gasteiger partial charge on any atom is -0.384 e. The normalized spacial score (nSPS) is 16.3. The third-order valence-electron chi connectivity index (χ3n) is 6.44.